The number of hydrogen-bond donors (Lipinski definition) is 0. The molecular weight excluding hydrogens is 203 g/mol. The van der Waals surface area contributed by atoms with E-state index in [4.69, 9.17) is 10.5 Å². The normalized spacial score (nSPS) is 4.00. The minimum atomic E-state index is -1.000. The summed E-state index contributed by atoms with van der Waals surface area (Å²) in [6, 6.07) is 0. The first-order valence-electron chi connectivity index (χ1n) is 0.658. The molecule has 0 rings (SSSR count). The van der Waals surface area contributed by atoms with Gasteiger partial charge < -0.3 is 23.2 Å². The van der Waals surface area contributed by atoms with Gasteiger partial charge in [-0.2, -0.15) is 0 Å². The molecule has 0 spiro atoms. The van der Waals surface area contributed by atoms with Crippen molar-refractivity contribution in [1.29, 1.82) is 0 Å². The van der Waals surface area contributed by atoms with Crippen LogP contribution in [0.25, 0.3) is 5.73 Å². The third kappa shape index (κ3) is 102. The van der Waals surface area contributed by atoms with Crippen molar-refractivity contribution in [2.24, 2.45) is 0 Å². The summed E-state index contributed by atoms with van der Waals surface area (Å²) >= 11 is 3.65. The van der Waals surface area contributed by atoms with Crippen molar-refractivity contribution in [2.75, 3.05) is 0 Å². The molecule has 36 valence electrons. The summed E-state index contributed by atoms with van der Waals surface area (Å²) in [5.74, 6) is 0. The monoisotopic (exact) mass is 202 g/mol. The standard InChI is InChI=1S/CH3NOS.Cu.Zn/c2-1(3)4;;/h(H3,2,3,4);;/q;+1;/p-2. The topological polar surface area (TPSA) is 40.9 Å². The maximum atomic E-state index is 8.93. The number of hydrogen-bond acceptors (Lipinski definition) is 2. The van der Waals surface area contributed by atoms with Gasteiger partial charge in [0.25, 0.3) is 0 Å². The average Bonchev–Trinajstić information content (AvgIpc) is 0.811. The molecule has 0 radical (unpaired) electrons. The Labute approximate surface area is 64.9 Å². The van der Waals surface area contributed by atoms with E-state index in [1.165, 1.54) is 0 Å². The van der Waals surface area contributed by atoms with Gasteiger partial charge in [-0.25, -0.2) is 0 Å². The molecule has 0 aliphatic heterocycles. The van der Waals surface area contributed by atoms with Crippen LogP contribution in [0.5, 0.6) is 0 Å². The van der Waals surface area contributed by atoms with Crippen molar-refractivity contribution in [3.63, 3.8) is 0 Å². The zero-order chi connectivity index (χ0) is 3.58. The van der Waals surface area contributed by atoms with Gasteiger partial charge >= 0.3 is 17.1 Å². The van der Waals surface area contributed by atoms with Gasteiger partial charge in [-0.3, -0.25) is 0 Å². The summed E-state index contributed by atoms with van der Waals surface area (Å²) in [6.07, 6.45) is 0. The van der Waals surface area contributed by atoms with Gasteiger partial charge in [-0.05, 0) is 0 Å². The molecule has 5 heteroatoms. The van der Waals surface area contributed by atoms with Crippen LogP contribution in [0, 0.1) is 0 Å². The van der Waals surface area contributed by atoms with Crippen LogP contribution in [0.4, 0.5) is 4.79 Å². The summed E-state index contributed by atoms with van der Waals surface area (Å²) in [4.78, 5) is 8.93. The van der Waals surface area contributed by atoms with E-state index in [9.17, 15) is 0 Å². The second kappa shape index (κ2) is 9.27. The van der Waals surface area contributed by atoms with Gasteiger partial charge in [-0.1, -0.05) is 5.24 Å². The van der Waals surface area contributed by atoms with Crippen LogP contribution >= 0.6 is 0 Å². The van der Waals surface area contributed by atoms with Crippen molar-refractivity contribution < 1.29 is 41.3 Å². The predicted molar refractivity (Wildman–Crippen MR) is 17.1 cm³/mol. The van der Waals surface area contributed by atoms with Crippen LogP contribution in [-0.2, 0) is 49.2 Å². The molecule has 0 aliphatic rings. The number of rotatable bonds is 0. The minimum absolute atomic E-state index is 0. The van der Waals surface area contributed by atoms with Crippen molar-refractivity contribution in [1.82, 2.24) is 0 Å². The van der Waals surface area contributed by atoms with Gasteiger partial charge in [0, 0.05) is 19.5 Å². The molecular formula is CHCuNOSZn-. The van der Waals surface area contributed by atoms with Gasteiger partial charge in [0.05, 0.1) is 0 Å². The minimum Gasteiger partial charge on any atom is -0.762 e. The molecule has 0 atom stereocenters. The summed E-state index contributed by atoms with van der Waals surface area (Å²) < 4.78 is 0. The van der Waals surface area contributed by atoms with Gasteiger partial charge in [-0.15, -0.1) is 0 Å². The SMILES string of the molecule is [Cu+].[NH-]C(=O)[S-].[Zn]. The van der Waals surface area contributed by atoms with Gasteiger partial charge in [0.1, 0.15) is 0 Å². The van der Waals surface area contributed by atoms with Crippen LogP contribution in [-0.4, -0.2) is 5.24 Å². The molecule has 0 saturated carbocycles. The smallest absolute Gasteiger partial charge is 0.762 e. The molecule has 0 bridgehead atoms. The Balaban J connectivity index is -0.0000000450. The molecule has 0 heterocycles. The maximum absolute atomic E-state index is 8.93. The number of nitrogens with one attached hydrogen (secondary N) is 1. The molecule has 0 aliphatic carbocycles. The summed E-state index contributed by atoms with van der Waals surface area (Å²) in [5.41, 5.74) is 5.76. The third-order valence-electron chi connectivity index (χ3n) is 0. The second-order valence-electron chi connectivity index (χ2n) is 0.287. The van der Waals surface area contributed by atoms with Crippen LogP contribution in [0.1, 0.15) is 0 Å². The zero-order valence-electron chi connectivity index (χ0n) is 2.83. The first kappa shape index (κ1) is 15.8. The Morgan fingerprint density at radius 2 is 1.67 bits per heavy atom. The van der Waals surface area contributed by atoms with Crippen molar-refractivity contribution in [3.8, 4) is 0 Å². The number of amides is 1. The van der Waals surface area contributed by atoms with E-state index in [2.05, 4.69) is 12.6 Å². The first-order chi connectivity index (χ1) is 1.73. The predicted octanol–water partition coefficient (Wildman–Crippen LogP) is 0.701. The van der Waals surface area contributed by atoms with Crippen molar-refractivity contribution >= 4 is 17.9 Å². The van der Waals surface area contributed by atoms with E-state index >= 15 is 0 Å². The molecule has 6 heavy (non-hydrogen) atoms. The summed E-state index contributed by atoms with van der Waals surface area (Å²) in [5, 5.41) is -1.000. The van der Waals surface area contributed by atoms with Crippen LogP contribution in [0.2, 0.25) is 0 Å². The molecule has 0 unspecified atom stereocenters. The molecule has 0 aromatic carbocycles. The second-order valence-corrected chi connectivity index (χ2v) is 0.658. The molecule has 1 amide bonds. The third-order valence-corrected chi connectivity index (χ3v) is 0. The van der Waals surface area contributed by atoms with Gasteiger partial charge in [0.15, 0.2) is 0 Å². The maximum Gasteiger partial charge on any atom is 1.00 e. The fourth-order valence-electron chi connectivity index (χ4n) is 0. The Morgan fingerprint density at radius 3 is 1.67 bits per heavy atom. The Bertz CT molecular complexity index is 38.5. The Morgan fingerprint density at radius 1 is 1.67 bits per heavy atom. The first-order valence-corrected chi connectivity index (χ1v) is 1.07. The molecule has 1 N–H and O–H groups in total. The van der Waals surface area contributed by atoms with Crippen LogP contribution < -0.4 is 0 Å². The molecule has 0 aromatic heterocycles. The molecule has 0 saturated heterocycles. The largest absolute Gasteiger partial charge is 1.00 e. The van der Waals surface area contributed by atoms with E-state index in [0.29, 0.717) is 0 Å². The average molecular weight is 204 g/mol. The van der Waals surface area contributed by atoms with Crippen LogP contribution in [0.15, 0.2) is 0 Å². The van der Waals surface area contributed by atoms with Crippen molar-refractivity contribution in [2.45, 2.75) is 0 Å². The fraction of sp³-hybridized carbons (Fsp3) is 0. The fourth-order valence-corrected chi connectivity index (χ4v) is 0. The Kier molecular flexibility index (Phi) is 24.5. The van der Waals surface area contributed by atoms with Crippen molar-refractivity contribution in [3.05, 3.63) is 5.73 Å². The number of carbonyl (C=O) groups excluding carboxylic acids is 1. The molecule has 0 aromatic rings. The summed E-state index contributed by atoms with van der Waals surface area (Å²) in [7, 11) is 0. The van der Waals surface area contributed by atoms with Crippen LogP contribution in [0.3, 0.4) is 0 Å². The van der Waals surface area contributed by atoms with E-state index in [-0.39, 0.29) is 36.5 Å². The molecule has 0 fully saturated rings. The number of carbonyl (C=O) groups is 1. The zero-order valence-corrected chi connectivity index (χ0v) is 7.55. The van der Waals surface area contributed by atoms with E-state index in [1.54, 1.807) is 0 Å². The van der Waals surface area contributed by atoms with Gasteiger partial charge in [0.2, 0.25) is 0 Å². The molecule has 2 nitrogen and oxygen atoms in total. The quantitative estimate of drug-likeness (QED) is 0.430. The van der Waals surface area contributed by atoms with E-state index < -0.39 is 5.24 Å². The van der Waals surface area contributed by atoms with E-state index in [0.717, 1.165) is 0 Å². The summed E-state index contributed by atoms with van der Waals surface area (Å²) in [6.45, 7) is 0. The Hall–Kier alpha value is 0.833. The van der Waals surface area contributed by atoms with E-state index in [1.807, 2.05) is 0 Å².